The number of carbonyl (C=O) groups is 1. The van der Waals surface area contributed by atoms with Crippen molar-refractivity contribution in [2.45, 2.75) is 33.9 Å². The highest BCUT2D eigenvalue weighted by atomic mass is 16.5. The number of anilines is 1. The van der Waals surface area contributed by atoms with E-state index >= 15 is 0 Å². The van der Waals surface area contributed by atoms with E-state index in [9.17, 15) is 4.79 Å². The lowest BCUT2D eigenvalue weighted by molar-refractivity contribution is 0.0950. The molecule has 3 aromatic rings. The monoisotopic (exact) mass is 479 g/mol. The van der Waals surface area contributed by atoms with Gasteiger partial charge in [-0.1, -0.05) is 18.1 Å². The number of methoxy groups -OCH3 is 1. The average Bonchev–Trinajstić information content (AvgIpc) is 3.22. The van der Waals surface area contributed by atoms with Crippen molar-refractivity contribution in [1.82, 2.24) is 20.4 Å². The zero-order valence-electron chi connectivity index (χ0n) is 20.8. The summed E-state index contributed by atoms with van der Waals surface area (Å²) in [5.41, 5.74) is 3.13. The Labute approximate surface area is 206 Å². The number of benzene rings is 1. The molecule has 0 bridgehead atoms. The lowest BCUT2D eigenvalue weighted by Crippen LogP contribution is -2.46. The van der Waals surface area contributed by atoms with Crippen LogP contribution in [0.1, 0.15) is 39.9 Å². The second kappa shape index (κ2) is 11.2. The number of aryl methyl sites for hydroxylation is 2. The SMILES string of the molecule is CCN1CCN(c2ccc(CNC(=O)c3ccc(OCc4c(C)noc4C)c(OC)c3)cn2)CC1. The molecule has 1 aliphatic heterocycles. The smallest absolute Gasteiger partial charge is 0.251 e. The van der Waals surface area contributed by atoms with Gasteiger partial charge >= 0.3 is 0 Å². The van der Waals surface area contributed by atoms with E-state index in [1.54, 1.807) is 25.3 Å². The number of nitrogens with one attached hydrogen (secondary N) is 1. The fourth-order valence-electron chi connectivity index (χ4n) is 4.07. The molecule has 1 aliphatic rings. The summed E-state index contributed by atoms with van der Waals surface area (Å²) in [5.74, 6) is 2.54. The molecule has 0 spiro atoms. The molecule has 1 aromatic carbocycles. The number of ether oxygens (including phenoxy) is 2. The van der Waals surface area contributed by atoms with Crippen molar-refractivity contribution in [2.24, 2.45) is 0 Å². The predicted molar refractivity (Wildman–Crippen MR) is 133 cm³/mol. The third kappa shape index (κ3) is 5.92. The summed E-state index contributed by atoms with van der Waals surface area (Å²) in [5, 5.41) is 6.89. The molecule has 9 heteroatoms. The second-order valence-electron chi connectivity index (χ2n) is 8.59. The molecule has 0 unspecified atom stereocenters. The summed E-state index contributed by atoms with van der Waals surface area (Å²) in [6, 6.07) is 9.17. The fourth-order valence-corrected chi connectivity index (χ4v) is 4.07. The van der Waals surface area contributed by atoms with Gasteiger partial charge < -0.3 is 29.1 Å². The molecule has 1 fully saturated rings. The molecule has 2 aromatic heterocycles. The van der Waals surface area contributed by atoms with E-state index in [1.165, 1.54) is 0 Å². The number of aromatic nitrogens is 2. The molecule has 35 heavy (non-hydrogen) atoms. The molecule has 186 valence electrons. The van der Waals surface area contributed by atoms with Crippen molar-refractivity contribution in [1.29, 1.82) is 0 Å². The molecule has 0 radical (unpaired) electrons. The van der Waals surface area contributed by atoms with Crippen LogP contribution in [0.15, 0.2) is 41.1 Å². The number of carbonyl (C=O) groups excluding carboxylic acids is 1. The van der Waals surface area contributed by atoms with E-state index in [-0.39, 0.29) is 5.91 Å². The summed E-state index contributed by atoms with van der Waals surface area (Å²) in [7, 11) is 1.55. The minimum Gasteiger partial charge on any atom is -0.493 e. The van der Waals surface area contributed by atoms with Crippen molar-refractivity contribution in [2.75, 3.05) is 44.7 Å². The third-order valence-electron chi connectivity index (χ3n) is 6.38. The Morgan fingerprint density at radius 3 is 2.54 bits per heavy atom. The summed E-state index contributed by atoms with van der Waals surface area (Å²) < 4.78 is 16.5. The van der Waals surface area contributed by atoms with E-state index in [0.717, 1.165) is 61.1 Å². The Morgan fingerprint density at radius 2 is 1.91 bits per heavy atom. The van der Waals surface area contributed by atoms with Gasteiger partial charge in [-0.3, -0.25) is 4.79 Å². The van der Waals surface area contributed by atoms with E-state index < -0.39 is 0 Å². The van der Waals surface area contributed by atoms with Gasteiger partial charge in [-0.2, -0.15) is 0 Å². The van der Waals surface area contributed by atoms with Crippen molar-refractivity contribution >= 4 is 11.7 Å². The number of likely N-dealkylation sites (N-methyl/N-ethyl adjacent to an activating group) is 1. The number of nitrogens with zero attached hydrogens (tertiary/aromatic N) is 4. The number of hydrogen-bond acceptors (Lipinski definition) is 8. The Bertz CT molecular complexity index is 1120. The second-order valence-corrected chi connectivity index (χ2v) is 8.59. The number of amides is 1. The van der Waals surface area contributed by atoms with E-state index in [1.807, 2.05) is 32.2 Å². The van der Waals surface area contributed by atoms with Gasteiger partial charge in [0.25, 0.3) is 5.91 Å². The largest absolute Gasteiger partial charge is 0.493 e. The maximum atomic E-state index is 12.7. The molecule has 1 amide bonds. The molecule has 1 saturated heterocycles. The summed E-state index contributed by atoms with van der Waals surface area (Å²) in [6.45, 7) is 11.8. The zero-order valence-corrected chi connectivity index (χ0v) is 20.8. The van der Waals surface area contributed by atoms with Gasteiger partial charge in [0.2, 0.25) is 0 Å². The van der Waals surface area contributed by atoms with Gasteiger partial charge in [-0.05, 0) is 50.2 Å². The molecule has 0 saturated carbocycles. The van der Waals surface area contributed by atoms with Crippen LogP contribution in [-0.2, 0) is 13.2 Å². The molecular weight excluding hydrogens is 446 g/mol. The first-order valence-electron chi connectivity index (χ1n) is 11.9. The number of hydrogen-bond donors (Lipinski definition) is 1. The van der Waals surface area contributed by atoms with E-state index in [2.05, 4.69) is 32.2 Å². The van der Waals surface area contributed by atoms with Crippen LogP contribution in [0.2, 0.25) is 0 Å². The lowest BCUT2D eigenvalue weighted by Gasteiger charge is -2.34. The van der Waals surface area contributed by atoms with Gasteiger partial charge in [0.1, 0.15) is 18.2 Å². The fraction of sp³-hybridized carbons (Fsp3) is 0.423. The van der Waals surface area contributed by atoms with Crippen LogP contribution in [0.25, 0.3) is 0 Å². The lowest BCUT2D eigenvalue weighted by atomic mass is 10.1. The maximum Gasteiger partial charge on any atom is 0.251 e. The van der Waals surface area contributed by atoms with Crippen LogP contribution in [0, 0.1) is 13.8 Å². The van der Waals surface area contributed by atoms with Gasteiger partial charge in [-0.25, -0.2) is 4.98 Å². The highest BCUT2D eigenvalue weighted by Crippen LogP contribution is 2.29. The zero-order chi connectivity index (χ0) is 24.8. The van der Waals surface area contributed by atoms with Crippen LogP contribution >= 0.6 is 0 Å². The van der Waals surface area contributed by atoms with Crippen LogP contribution < -0.4 is 19.7 Å². The Morgan fingerprint density at radius 1 is 1.11 bits per heavy atom. The van der Waals surface area contributed by atoms with E-state index in [4.69, 9.17) is 14.0 Å². The Hall–Kier alpha value is -3.59. The van der Waals surface area contributed by atoms with Gasteiger partial charge in [0.05, 0.1) is 18.4 Å². The highest BCUT2D eigenvalue weighted by molar-refractivity contribution is 5.94. The van der Waals surface area contributed by atoms with Crippen molar-refractivity contribution in [3.8, 4) is 11.5 Å². The minimum absolute atomic E-state index is 0.194. The Kier molecular flexibility index (Phi) is 7.87. The summed E-state index contributed by atoms with van der Waals surface area (Å²) in [4.78, 5) is 22.1. The van der Waals surface area contributed by atoms with Crippen LogP contribution in [0.5, 0.6) is 11.5 Å². The first kappa shape index (κ1) is 24.5. The maximum absolute atomic E-state index is 12.7. The molecule has 0 aliphatic carbocycles. The van der Waals surface area contributed by atoms with Gasteiger partial charge in [0, 0.05) is 44.5 Å². The molecule has 3 heterocycles. The third-order valence-corrected chi connectivity index (χ3v) is 6.38. The van der Waals surface area contributed by atoms with Crippen molar-refractivity contribution < 1.29 is 18.8 Å². The Balaban J connectivity index is 1.32. The van der Waals surface area contributed by atoms with Gasteiger partial charge in [-0.15, -0.1) is 0 Å². The number of pyridine rings is 1. The van der Waals surface area contributed by atoms with Crippen molar-refractivity contribution in [3.05, 3.63) is 64.7 Å². The summed E-state index contributed by atoms with van der Waals surface area (Å²) in [6.07, 6.45) is 1.83. The van der Waals surface area contributed by atoms with Crippen molar-refractivity contribution in [3.63, 3.8) is 0 Å². The summed E-state index contributed by atoms with van der Waals surface area (Å²) >= 11 is 0. The predicted octanol–water partition coefficient (Wildman–Crippen LogP) is 3.35. The molecular formula is C26H33N5O4. The number of rotatable bonds is 9. The normalized spacial score (nSPS) is 14.1. The van der Waals surface area contributed by atoms with Crippen LogP contribution in [-0.4, -0.2) is 60.8 Å². The minimum atomic E-state index is -0.194. The highest BCUT2D eigenvalue weighted by Gasteiger charge is 2.17. The van der Waals surface area contributed by atoms with Crippen LogP contribution in [0.3, 0.4) is 0 Å². The molecule has 0 atom stereocenters. The average molecular weight is 480 g/mol. The first-order chi connectivity index (χ1) is 17.0. The number of piperazine rings is 1. The van der Waals surface area contributed by atoms with E-state index in [0.29, 0.717) is 30.2 Å². The molecule has 9 nitrogen and oxygen atoms in total. The molecule has 1 N–H and O–H groups in total. The quantitative estimate of drug-likeness (QED) is 0.500. The van der Waals surface area contributed by atoms with Crippen LogP contribution in [0.4, 0.5) is 5.82 Å². The molecule has 4 rings (SSSR count). The standard InChI is InChI=1S/C26H33N5O4/c1-5-30-10-12-31(13-11-30)25-9-6-20(15-27-25)16-28-26(32)21-7-8-23(24(14-21)33-4)34-17-22-18(2)29-35-19(22)3/h6-9,14-15H,5,10-13,16-17H2,1-4H3,(H,28,32). The topological polar surface area (TPSA) is 93.0 Å². The van der Waals surface area contributed by atoms with Gasteiger partial charge in [0.15, 0.2) is 11.5 Å². The first-order valence-corrected chi connectivity index (χ1v) is 11.9.